The first-order valence-electron chi connectivity index (χ1n) is 6.42. The number of hydrogen-bond donors (Lipinski definition) is 0. The maximum atomic E-state index is 5.93. The van der Waals surface area contributed by atoms with E-state index in [-0.39, 0.29) is 6.10 Å². The fourth-order valence-corrected chi connectivity index (χ4v) is 2.93. The van der Waals surface area contributed by atoms with E-state index in [2.05, 4.69) is 48.0 Å². The van der Waals surface area contributed by atoms with Crippen LogP contribution < -0.4 is 0 Å². The van der Waals surface area contributed by atoms with E-state index in [0.717, 1.165) is 19.4 Å². The summed E-state index contributed by atoms with van der Waals surface area (Å²) < 4.78 is 7.10. The number of benzene rings is 1. The van der Waals surface area contributed by atoms with Crippen molar-refractivity contribution in [3.05, 3.63) is 39.7 Å². The van der Waals surface area contributed by atoms with E-state index in [1.54, 1.807) is 5.92 Å². The molecule has 0 spiro atoms. The Balaban J connectivity index is 2.11. The maximum absolute atomic E-state index is 5.93. The Morgan fingerprint density at radius 1 is 1.47 bits per heavy atom. The molecule has 0 fully saturated rings. The van der Waals surface area contributed by atoms with Crippen LogP contribution in [0.2, 0.25) is 0 Å². The second-order valence-electron chi connectivity index (χ2n) is 4.86. The van der Waals surface area contributed by atoms with Crippen molar-refractivity contribution in [3.8, 4) is 0 Å². The van der Waals surface area contributed by atoms with Gasteiger partial charge >= 0.3 is 0 Å². The number of ether oxygens (including phenoxy) is 1. The van der Waals surface area contributed by atoms with Crippen molar-refractivity contribution >= 4 is 15.9 Å². The molecule has 0 bridgehead atoms. The highest BCUT2D eigenvalue weighted by molar-refractivity contribution is 9.10. The lowest BCUT2D eigenvalue weighted by molar-refractivity contribution is 0.0385. The topological polar surface area (TPSA) is 9.23 Å². The third kappa shape index (κ3) is 3.32. The Kier molecular flexibility index (Phi) is 4.63. The Morgan fingerprint density at radius 2 is 2.29 bits per heavy atom. The molecule has 0 aromatic heterocycles. The van der Waals surface area contributed by atoms with Crippen LogP contribution in [0.1, 0.15) is 50.3 Å². The molecule has 0 amide bonds. The van der Waals surface area contributed by atoms with E-state index < -0.39 is 0 Å². The molecule has 1 nitrogen and oxygen atoms in total. The summed E-state index contributed by atoms with van der Waals surface area (Å²) in [6.45, 7) is 5.34. The van der Waals surface area contributed by atoms with Gasteiger partial charge in [0.05, 0.1) is 12.7 Å². The summed E-state index contributed by atoms with van der Waals surface area (Å²) >= 11 is 3.54. The normalized spacial score (nSPS) is 19.4. The van der Waals surface area contributed by atoms with Crippen LogP contribution >= 0.6 is 15.9 Å². The first-order chi connectivity index (χ1) is 8.20. The van der Waals surface area contributed by atoms with Crippen LogP contribution in [-0.2, 0) is 11.2 Å². The van der Waals surface area contributed by atoms with Crippen LogP contribution in [0.15, 0.2) is 22.7 Å². The largest absolute Gasteiger partial charge is 0.373 e. The standard InChI is InChI=1S/C15H20BrO/c1-3-4-11(2)9-15-14-6-5-13(16)10-12(14)7-8-17-15/h5-6,10,15H,3-4,7-9H2,1-2H3. The average Bonchev–Trinajstić information content (AvgIpc) is 2.29. The van der Waals surface area contributed by atoms with Crippen molar-refractivity contribution in [3.63, 3.8) is 0 Å². The summed E-state index contributed by atoms with van der Waals surface area (Å²) in [5.41, 5.74) is 2.83. The Bertz CT molecular complexity index is 375. The second-order valence-corrected chi connectivity index (χ2v) is 5.78. The van der Waals surface area contributed by atoms with Gasteiger partial charge in [-0.3, -0.25) is 0 Å². The molecular weight excluding hydrogens is 276 g/mol. The monoisotopic (exact) mass is 295 g/mol. The molecule has 0 saturated heterocycles. The van der Waals surface area contributed by atoms with Crippen LogP contribution in [0, 0.1) is 5.92 Å². The van der Waals surface area contributed by atoms with E-state index in [0.29, 0.717) is 0 Å². The minimum atomic E-state index is 0.276. The minimum absolute atomic E-state index is 0.276. The van der Waals surface area contributed by atoms with Gasteiger partial charge in [-0.15, -0.1) is 0 Å². The lowest BCUT2D eigenvalue weighted by atomic mass is 9.90. The Morgan fingerprint density at radius 3 is 3.06 bits per heavy atom. The zero-order valence-electron chi connectivity index (χ0n) is 10.6. The van der Waals surface area contributed by atoms with Gasteiger partial charge in [0, 0.05) is 4.47 Å². The molecule has 1 aromatic rings. The van der Waals surface area contributed by atoms with Gasteiger partial charge in [0.25, 0.3) is 0 Å². The highest BCUT2D eigenvalue weighted by Crippen LogP contribution is 2.34. The smallest absolute Gasteiger partial charge is 0.0833 e. The molecular formula is C15H20BrO. The van der Waals surface area contributed by atoms with Crippen LogP contribution in [0.3, 0.4) is 0 Å². The van der Waals surface area contributed by atoms with Crippen LogP contribution in [0.25, 0.3) is 0 Å². The summed E-state index contributed by atoms with van der Waals surface area (Å²) in [6, 6.07) is 6.57. The van der Waals surface area contributed by atoms with Gasteiger partial charge in [0.15, 0.2) is 0 Å². The van der Waals surface area contributed by atoms with Crippen molar-refractivity contribution in [1.82, 2.24) is 0 Å². The zero-order valence-corrected chi connectivity index (χ0v) is 12.2. The van der Waals surface area contributed by atoms with Gasteiger partial charge < -0.3 is 4.74 Å². The van der Waals surface area contributed by atoms with Crippen LogP contribution in [0.4, 0.5) is 0 Å². The van der Waals surface area contributed by atoms with E-state index in [1.165, 1.54) is 28.4 Å². The molecule has 0 aliphatic carbocycles. The Labute approximate surface area is 113 Å². The molecule has 93 valence electrons. The molecule has 1 aliphatic rings. The molecule has 1 heterocycles. The third-order valence-electron chi connectivity index (χ3n) is 3.35. The molecule has 2 heteroatoms. The second kappa shape index (κ2) is 6.01. The lowest BCUT2D eigenvalue weighted by Gasteiger charge is -2.28. The van der Waals surface area contributed by atoms with E-state index in [9.17, 15) is 0 Å². The molecule has 1 atom stereocenters. The molecule has 1 aromatic carbocycles. The SMILES string of the molecule is CCC[C](C)CC1OCCc2cc(Br)ccc21. The van der Waals surface area contributed by atoms with E-state index in [4.69, 9.17) is 4.74 Å². The molecule has 1 unspecified atom stereocenters. The number of rotatable bonds is 4. The minimum Gasteiger partial charge on any atom is -0.373 e. The van der Waals surface area contributed by atoms with Crippen LogP contribution in [0.5, 0.6) is 0 Å². The average molecular weight is 296 g/mol. The van der Waals surface area contributed by atoms with Gasteiger partial charge in [-0.05, 0) is 48.4 Å². The molecule has 2 rings (SSSR count). The van der Waals surface area contributed by atoms with Crippen molar-refractivity contribution in [2.24, 2.45) is 0 Å². The Hall–Kier alpha value is -0.340. The fourth-order valence-electron chi connectivity index (χ4n) is 2.52. The number of halogens is 1. The molecule has 1 aliphatic heterocycles. The third-order valence-corrected chi connectivity index (χ3v) is 3.85. The quantitative estimate of drug-likeness (QED) is 0.772. The van der Waals surface area contributed by atoms with Gasteiger partial charge in [-0.25, -0.2) is 0 Å². The first-order valence-corrected chi connectivity index (χ1v) is 7.21. The summed E-state index contributed by atoms with van der Waals surface area (Å²) in [4.78, 5) is 0. The molecule has 0 N–H and O–H groups in total. The summed E-state index contributed by atoms with van der Waals surface area (Å²) in [5, 5.41) is 0. The zero-order chi connectivity index (χ0) is 12.3. The van der Waals surface area contributed by atoms with Gasteiger partial charge in [-0.2, -0.15) is 0 Å². The molecule has 0 saturated carbocycles. The summed E-state index contributed by atoms with van der Waals surface area (Å²) in [7, 11) is 0. The van der Waals surface area contributed by atoms with Crippen molar-refractivity contribution in [2.45, 2.75) is 45.6 Å². The van der Waals surface area contributed by atoms with Crippen molar-refractivity contribution < 1.29 is 4.74 Å². The maximum Gasteiger partial charge on any atom is 0.0833 e. The summed E-state index contributed by atoms with van der Waals surface area (Å²) in [5.74, 6) is 1.55. The molecule has 17 heavy (non-hydrogen) atoms. The predicted molar refractivity (Wildman–Crippen MR) is 75.0 cm³/mol. The first kappa shape index (κ1) is 13.1. The highest BCUT2D eigenvalue weighted by Gasteiger charge is 2.22. The van der Waals surface area contributed by atoms with E-state index >= 15 is 0 Å². The predicted octanol–water partition coefficient (Wildman–Crippen LogP) is 4.85. The summed E-state index contributed by atoms with van der Waals surface area (Å²) in [6.07, 6.45) is 4.83. The van der Waals surface area contributed by atoms with Crippen molar-refractivity contribution in [1.29, 1.82) is 0 Å². The number of hydrogen-bond acceptors (Lipinski definition) is 1. The highest BCUT2D eigenvalue weighted by atomic mass is 79.9. The van der Waals surface area contributed by atoms with Crippen LogP contribution in [-0.4, -0.2) is 6.61 Å². The fraction of sp³-hybridized carbons (Fsp3) is 0.533. The van der Waals surface area contributed by atoms with Gasteiger partial charge in [0.1, 0.15) is 0 Å². The van der Waals surface area contributed by atoms with Gasteiger partial charge in [0.2, 0.25) is 0 Å². The van der Waals surface area contributed by atoms with E-state index in [1.807, 2.05) is 0 Å². The van der Waals surface area contributed by atoms with Crippen molar-refractivity contribution in [2.75, 3.05) is 6.61 Å². The van der Waals surface area contributed by atoms with Gasteiger partial charge in [-0.1, -0.05) is 42.3 Å². The number of fused-ring (bicyclic) bond motifs is 1. The molecule has 1 radical (unpaired) electrons. The lowest BCUT2D eigenvalue weighted by Crippen LogP contribution is -2.17.